The van der Waals surface area contributed by atoms with E-state index in [1.165, 1.54) is 5.56 Å². The SMILES string of the molecule is Cc1ccc(C(CNC(=O)NCC(=O)Nc2ccc(Br)cc2C)N(C)C)cc1. The first-order chi connectivity index (χ1) is 13.3. The van der Waals surface area contributed by atoms with E-state index in [0.29, 0.717) is 6.54 Å². The van der Waals surface area contributed by atoms with Crippen molar-refractivity contribution in [3.05, 3.63) is 63.6 Å². The van der Waals surface area contributed by atoms with Crippen LogP contribution in [0.25, 0.3) is 0 Å². The van der Waals surface area contributed by atoms with Crippen molar-refractivity contribution in [2.75, 3.05) is 32.5 Å². The number of carbonyl (C=O) groups excluding carboxylic acids is 2. The first kappa shape index (κ1) is 21.9. The number of amides is 3. The number of nitrogens with zero attached hydrogens (tertiary/aromatic N) is 1. The number of likely N-dealkylation sites (N-methyl/N-ethyl adjacent to an activating group) is 1. The second-order valence-corrected chi connectivity index (χ2v) is 7.88. The van der Waals surface area contributed by atoms with Crippen LogP contribution in [0.15, 0.2) is 46.9 Å². The fourth-order valence-corrected chi connectivity index (χ4v) is 3.24. The highest BCUT2D eigenvalue weighted by Gasteiger charge is 2.15. The minimum Gasteiger partial charge on any atom is -0.336 e. The average molecular weight is 447 g/mol. The minimum atomic E-state index is -0.373. The molecule has 1 unspecified atom stereocenters. The maximum atomic E-state index is 12.1. The predicted octanol–water partition coefficient (Wildman–Crippen LogP) is 3.61. The lowest BCUT2D eigenvalue weighted by Gasteiger charge is -2.25. The Kier molecular flexibility index (Phi) is 8.02. The predicted molar refractivity (Wildman–Crippen MR) is 117 cm³/mol. The van der Waals surface area contributed by atoms with Gasteiger partial charge in [-0.1, -0.05) is 45.8 Å². The number of aryl methyl sites for hydroxylation is 2. The van der Waals surface area contributed by atoms with Gasteiger partial charge in [0.1, 0.15) is 0 Å². The summed E-state index contributed by atoms with van der Waals surface area (Å²) in [7, 11) is 3.94. The maximum Gasteiger partial charge on any atom is 0.315 e. The Bertz CT molecular complexity index is 822. The van der Waals surface area contributed by atoms with Crippen LogP contribution in [0.2, 0.25) is 0 Å². The van der Waals surface area contributed by atoms with Gasteiger partial charge in [-0.05, 0) is 57.3 Å². The molecular formula is C21H27BrN4O2. The van der Waals surface area contributed by atoms with E-state index < -0.39 is 0 Å². The highest BCUT2D eigenvalue weighted by Crippen LogP contribution is 2.20. The van der Waals surface area contributed by atoms with Crippen LogP contribution in [-0.4, -0.2) is 44.0 Å². The molecule has 0 heterocycles. The Morgan fingerprint density at radius 2 is 1.71 bits per heavy atom. The van der Waals surface area contributed by atoms with Crippen molar-refractivity contribution < 1.29 is 9.59 Å². The molecule has 0 aliphatic heterocycles. The van der Waals surface area contributed by atoms with Gasteiger partial charge in [0.15, 0.2) is 0 Å². The van der Waals surface area contributed by atoms with E-state index in [2.05, 4.69) is 56.1 Å². The quantitative estimate of drug-likeness (QED) is 0.607. The van der Waals surface area contributed by atoms with Gasteiger partial charge in [-0.2, -0.15) is 0 Å². The summed E-state index contributed by atoms with van der Waals surface area (Å²) in [6, 6.07) is 13.5. The Hall–Kier alpha value is -2.38. The van der Waals surface area contributed by atoms with Crippen LogP contribution < -0.4 is 16.0 Å². The van der Waals surface area contributed by atoms with Crippen LogP contribution in [0, 0.1) is 13.8 Å². The van der Waals surface area contributed by atoms with Crippen LogP contribution in [-0.2, 0) is 4.79 Å². The zero-order valence-electron chi connectivity index (χ0n) is 16.7. The largest absolute Gasteiger partial charge is 0.336 e. The van der Waals surface area contributed by atoms with Gasteiger partial charge in [0.2, 0.25) is 5.91 Å². The second-order valence-electron chi connectivity index (χ2n) is 6.96. The van der Waals surface area contributed by atoms with E-state index >= 15 is 0 Å². The molecule has 3 amide bonds. The molecule has 6 nitrogen and oxygen atoms in total. The number of hydrogen-bond acceptors (Lipinski definition) is 3. The molecule has 0 aliphatic carbocycles. The zero-order valence-corrected chi connectivity index (χ0v) is 18.3. The van der Waals surface area contributed by atoms with Crippen molar-refractivity contribution in [2.24, 2.45) is 0 Å². The van der Waals surface area contributed by atoms with E-state index in [1.807, 2.05) is 51.0 Å². The number of urea groups is 1. The topological polar surface area (TPSA) is 73.5 Å². The molecule has 0 aliphatic rings. The van der Waals surface area contributed by atoms with Gasteiger partial charge in [0, 0.05) is 16.7 Å². The van der Waals surface area contributed by atoms with Crippen LogP contribution in [0.1, 0.15) is 22.7 Å². The van der Waals surface area contributed by atoms with Gasteiger partial charge in [-0.25, -0.2) is 4.79 Å². The first-order valence-corrected chi connectivity index (χ1v) is 9.86. The van der Waals surface area contributed by atoms with E-state index in [1.54, 1.807) is 0 Å². The number of hydrogen-bond donors (Lipinski definition) is 3. The molecular weight excluding hydrogens is 420 g/mol. The fourth-order valence-electron chi connectivity index (χ4n) is 2.76. The van der Waals surface area contributed by atoms with Gasteiger partial charge in [0.05, 0.1) is 12.6 Å². The van der Waals surface area contributed by atoms with Gasteiger partial charge >= 0.3 is 6.03 Å². The Labute approximate surface area is 174 Å². The molecule has 2 aromatic rings. The number of nitrogens with one attached hydrogen (secondary N) is 3. The van der Waals surface area contributed by atoms with Crippen molar-refractivity contribution in [2.45, 2.75) is 19.9 Å². The third-order valence-electron chi connectivity index (χ3n) is 4.41. The van der Waals surface area contributed by atoms with Crippen LogP contribution in [0.4, 0.5) is 10.5 Å². The molecule has 0 saturated heterocycles. The molecule has 0 spiro atoms. The summed E-state index contributed by atoms with van der Waals surface area (Å²) in [4.78, 5) is 26.2. The Balaban J connectivity index is 1.82. The lowest BCUT2D eigenvalue weighted by Crippen LogP contribution is -2.43. The summed E-state index contributed by atoms with van der Waals surface area (Å²) in [5, 5.41) is 8.23. The molecule has 1 atom stereocenters. The normalized spacial score (nSPS) is 11.8. The number of benzene rings is 2. The number of anilines is 1. The fraction of sp³-hybridized carbons (Fsp3) is 0.333. The molecule has 28 heavy (non-hydrogen) atoms. The van der Waals surface area contributed by atoms with Crippen LogP contribution in [0.5, 0.6) is 0 Å². The highest BCUT2D eigenvalue weighted by molar-refractivity contribution is 9.10. The lowest BCUT2D eigenvalue weighted by molar-refractivity contribution is -0.115. The van der Waals surface area contributed by atoms with Crippen LogP contribution >= 0.6 is 15.9 Å². The third kappa shape index (κ3) is 6.65. The van der Waals surface area contributed by atoms with Crippen molar-refractivity contribution in [3.8, 4) is 0 Å². The summed E-state index contributed by atoms with van der Waals surface area (Å²) in [6.07, 6.45) is 0. The Morgan fingerprint density at radius 1 is 1.04 bits per heavy atom. The van der Waals surface area contributed by atoms with Gasteiger partial charge in [0.25, 0.3) is 0 Å². The smallest absolute Gasteiger partial charge is 0.315 e. The summed E-state index contributed by atoms with van der Waals surface area (Å²) in [5.74, 6) is -0.275. The molecule has 0 fully saturated rings. The standard InChI is InChI=1S/C21H27BrN4O2/c1-14-5-7-16(8-6-14)19(26(3)4)12-23-21(28)24-13-20(27)25-18-10-9-17(22)11-15(18)2/h5-11,19H,12-13H2,1-4H3,(H,25,27)(H2,23,24,28). The van der Waals surface area contributed by atoms with Gasteiger partial charge < -0.3 is 20.9 Å². The second kappa shape index (κ2) is 10.2. The molecule has 0 radical (unpaired) electrons. The molecule has 2 rings (SSSR count). The summed E-state index contributed by atoms with van der Waals surface area (Å²) >= 11 is 3.39. The molecule has 0 aromatic heterocycles. The zero-order chi connectivity index (χ0) is 20.7. The van der Waals surface area contributed by atoms with Gasteiger partial charge in [-0.3, -0.25) is 4.79 Å². The van der Waals surface area contributed by atoms with E-state index in [9.17, 15) is 9.59 Å². The van der Waals surface area contributed by atoms with E-state index in [4.69, 9.17) is 0 Å². The minimum absolute atomic E-state index is 0.0468. The van der Waals surface area contributed by atoms with Crippen molar-refractivity contribution >= 4 is 33.6 Å². The number of rotatable bonds is 7. The lowest BCUT2D eigenvalue weighted by atomic mass is 10.0. The maximum absolute atomic E-state index is 12.1. The summed E-state index contributed by atoms with van der Waals surface area (Å²) < 4.78 is 0.949. The summed E-state index contributed by atoms with van der Waals surface area (Å²) in [6.45, 7) is 4.29. The molecule has 0 bridgehead atoms. The van der Waals surface area contributed by atoms with Crippen molar-refractivity contribution in [3.63, 3.8) is 0 Å². The molecule has 3 N–H and O–H groups in total. The summed E-state index contributed by atoms with van der Waals surface area (Å²) in [5.41, 5.74) is 3.99. The van der Waals surface area contributed by atoms with E-state index in [0.717, 1.165) is 21.3 Å². The molecule has 150 valence electrons. The Morgan fingerprint density at radius 3 is 2.32 bits per heavy atom. The van der Waals surface area contributed by atoms with Crippen LogP contribution in [0.3, 0.4) is 0 Å². The highest BCUT2D eigenvalue weighted by atomic mass is 79.9. The third-order valence-corrected chi connectivity index (χ3v) is 4.91. The number of carbonyl (C=O) groups is 2. The molecule has 2 aromatic carbocycles. The van der Waals surface area contributed by atoms with Crippen molar-refractivity contribution in [1.82, 2.24) is 15.5 Å². The molecule has 0 saturated carbocycles. The van der Waals surface area contributed by atoms with Gasteiger partial charge in [-0.15, -0.1) is 0 Å². The number of halogens is 1. The van der Waals surface area contributed by atoms with Crippen molar-refractivity contribution in [1.29, 1.82) is 0 Å². The average Bonchev–Trinajstić information content (AvgIpc) is 2.63. The molecule has 7 heteroatoms. The van der Waals surface area contributed by atoms with E-state index in [-0.39, 0.29) is 24.5 Å². The first-order valence-electron chi connectivity index (χ1n) is 9.07. The monoisotopic (exact) mass is 446 g/mol.